The van der Waals surface area contributed by atoms with Crippen LogP contribution < -0.4 is 0 Å². The number of pyridine rings is 1. The number of fused-ring (bicyclic) bond motifs is 1. The van der Waals surface area contributed by atoms with Gasteiger partial charge >= 0.3 is 0 Å². The maximum absolute atomic E-state index is 13.0. The summed E-state index contributed by atoms with van der Waals surface area (Å²) in [6.45, 7) is 0.833. The average molecular weight is 347 g/mol. The van der Waals surface area contributed by atoms with Gasteiger partial charge in [-0.15, -0.1) is 0 Å². The molecule has 6 heteroatoms. The van der Waals surface area contributed by atoms with E-state index in [0.29, 0.717) is 24.4 Å². The minimum atomic E-state index is -0.0516. The molecule has 0 spiro atoms. The van der Waals surface area contributed by atoms with Crippen molar-refractivity contribution in [1.82, 2.24) is 15.0 Å². The molecule has 0 aliphatic carbocycles. The Labute approximate surface area is 150 Å². The van der Waals surface area contributed by atoms with Gasteiger partial charge in [-0.05, 0) is 35.9 Å². The standard InChI is InChI=1S/C20H17N3O3/c24-20(11-18-17-7-1-2-8-19(17)26-22-18)23(14-16-6-4-10-25-16)13-15-5-3-9-21-12-15/h1-10,12H,11,13-14H2. The minimum absolute atomic E-state index is 0.0516. The Bertz CT molecular complexity index is 994. The second kappa shape index (κ2) is 7.23. The van der Waals surface area contributed by atoms with Crippen LogP contribution in [0.5, 0.6) is 0 Å². The molecule has 0 N–H and O–H groups in total. The van der Waals surface area contributed by atoms with Gasteiger partial charge in [0.05, 0.1) is 19.2 Å². The van der Waals surface area contributed by atoms with Crippen LogP contribution in [-0.4, -0.2) is 20.9 Å². The lowest BCUT2D eigenvalue weighted by atomic mass is 10.1. The molecule has 3 aromatic heterocycles. The maximum atomic E-state index is 13.0. The number of amides is 1. The van der Waals surface area contributed by atoms with E-state index >= 15 is 0 Å². The van der Waals surface area contributed by atoms with Crippen LogP contribution in [0.4, 0.5) is 0 Å². The van der Waals surface area contributed by atoms with Crippen LogP contribution in [0, 0.1) is 0 Å². The van der Waals surface area contributed by atoms with Gasteiger partial charge in [0.25, 0.3) is 0 Å². The number of nitrogens with zero attached hydrogens (tertiary/aromatic N) is 3. The van der Waals surface area contributed by atoms with E-state index in [1.165, 1.54) is 0 Å². The fraction of sp³-hybridized carbons (Fsp3) is 0.150. The summed E-state index contributed by atoms with van der Waals surface area (Å²) < 4.78 is 10.7. The van der Waals surface area contributed by atoms with Crippen LogP contribution in [0.3, 0.4) is 0 Å². The first-order valence-corrected chi connectivity index (χ1v) is 8.32. The maximum Gasteiger partial charge on any atom is 0.229 e. The van der Waals surface area contributed by atoms with E-state index in [1.54, 1.807) is 23.6 Å². The first-order valence-electron chi connectivity index (χ1n) is 8.32. The fourth-order valence-corrected chi connectivity index (χ4v) is 2.86. The SMILES string of the molecule is O=C(Cc1noc2ccccc12)N(Cc1cccnc1)Cc1ccco1. The van der Waals surface area contributed by atoms with Gasteiger partial charge in [0.2, 0.25) is 5.91 Å². The molecule has 0 bridgehead atoms. The van der Waals surface area contributed by atoms with E-state index in [1.807, 2.05) is 48.5 Å². The van der Waals surface area contributed by atoms with Crippen molar-refractivity contribution in [1.29, 1.82) is 0 Å². The summed E-state index contributed by atoms with van der Waals surface area (Å²) in [6, 6.07) is 15.0. The van der Waals surface area contributed by atoms with Gasteiger partial charge in [0.1, 0.15) is 11.5 Å². The van der Waals surface area contributed by atoms with E-state index in [-0.39, 0.29) is 12.3 Å². The molecule has 6 nitrogen and oxygen atoms in total. The number of carbonyl (C=O) groups is 1. The van der Waals surface area contributed by atoms with Gasteiger partial charge in [-0.2, -0.15) is 0 Å². The molecule has 0 aliphatic heterocycles. The molecular formula is C20H17N3O3. The molecule has 4 rings (SSSR count). The molecule has 0 atom stereocenters. The molecule has 130 valence electrons. The van der Waals surface area contributed by atoms with Crippen molar-refractivity contribution in [3.8, 4) is 0 Å². The van der Waals surface area contributed by atoms with Crippen molar-refractivity contribution in [3.63, 3.8) is 0 Å². The number of para-hydroxylation sites is 1. The second-order valence-electron chi connectivity index (χ2n) is 5.99. The number of rotatable bonds is 6. The van der Waals surface area contributed by atoms with Crippen molar-refractivity contribution >= 4 is 16.9 Å². The number of furan rings is 1. The summed E-state index contributed by atoms with van der Waals surface area (Å²) in [6.07, 6.45) is 5.24. The molecule has 3 heterocycles. The van der Waals surface area contributed by atoms with Crippen molar-refractivity contribution in [3.05, 3.63) is 84.2 Å². The van der Waals surface area contributed by atoms with Gasteiger partial charge in [0.15, 0.2) is 5.58 Å². The molecule has 0 saturated carbocycles. The topological polar surface area (TPSA) is 72.4 Å². The highest BCUT2D eigenvalue weighted by molar-refractivity contribution is 5.86. The lowest BCUT2D eigenvalue weighted by Gasteiger charge is -2.21. The Morgan fingerprint density at radius 1 is 1.04 bits per heavy atom. The molecule has 0 saturated heterocycles. The summed E-state index contributed by atoms with van der Waals surface area (Å²) >= 11 is 0. The van der Waals surface area contributed by atoms with E-state index < -0.39 is 0 Å². The number of benzene rings is 1. The van der Waals surface area contributed by atoms with Gasteiger partial charge in [-0.25, -0.2) is 0 Å². The zero-order valence-electron chi connectivity index (χ0n) is 14.0. The quantitative estimate of drug-likeness (QED) is 0.533. The Morgan fingerprint density at radius 2 is 1.96 bits per heavy atom. The second-order valence-corrected chi connectivity index (χ2v) is 5.99. The van der Waals surface area contributed by atoms with Gasteiger partial charge in [0, 0.05) is 24.3 Å². The Balaban J connectivity index is 1.56. The fourth-order valence-electron chi connectivity index (χ4n) is 2.86. The van der Waals surface area contributed by atoms with E-state index in [4.69, 9.17) is 8.94 Å². The van der Waals surface area contributed by atoms with Crippen LogP contribution >= 0.6 is 0 Å². The van der Waals surface area contributed by atoms with Crippen LogP contribution in [-0.2, 0) is 24.3 Å². The predicted molar refractivity (Wildman–Crippen MR) is 94.9 cm³/mol. The molecule has 26 heavy (non-hydrogen) atoms. The summed E-state index contributed by atoms with van der Waals surface area (Å²) in [4.78, 5) is 18.8. The third-order valence-corrected chi connectivity index (χ3v) is 4.15. The third kappa shape index (κ3) is 3.49. The summed E-state index contributed by atoms with van der Waals surface area (Å²) in [5.41, 5.74) is 2.28. The molecule has 1 amide bonds. The van der Waals surface area contributed by atoms with Crippen LogP contribution in [0.25, 0.3) is 11.0 Å². The molecule has 1 aromatic carbocycles. The third-order valence-electron chi connectivity index (χ3n) is 4.15. The molecule has 0 aliphatic rings. The van der Waals surface area contributed by atoms with Crippen molar-refractivity contribution in [2.45, 2.75) is 19.5 Å². The smallest absolute Gasteiger partial charge is 0.229 e. The van der Waals surface area contributed by atoms with E-state index in [9.17, 15) is 4.79 Å². The van der Waals surface area contributed by atoms with Crippen molar-refractivity contribution in [2.75, 3.05) is 0 Å². The lowest BCUT2D eigenvalue weighted by Crippen LogP contribution is -2.31. The first-order chi connectivity index (χ1) is 12.8. The summed E-state index contributed by atoms with van der Waals surface area (Å²) in [5.74, 6) is 0.677. The normalized spacial score (nSPS) is 10.9. The van der Waals surface area contributed by atoms with Gasteiger partial charge < -0.3 is 13.8 Å². The minimum Gasteiger partial charge on any atom is -0.467 e. The first kappa shape index (κ1) is 16.1. The van der Waals surface area contributed by atoms with E-state index in [0.717, 1.165) is 16.7 Å². The number of carbonyl (C=O) groups excluding carboxylic acids is 1. The lowest BCUT2D eigenvalue weighted by molar-refractivity contribution is -0.132. The molecular weight excluding hydrogens is 330 g/mol. The van der Waals surface area contributed by atoms with Crippen LogP contribution in [0.2, 0.25) is 0 Å². The van der Waals surface area contributed by atoms with Crippen molar-refractivity contribution < 1.29 is 13.7 Å². The largest absolute Gasteiger partial charge is 0.467 e. The number of aromatic nitrogens is 2. The highest BCUT2D eigenvalue weighted by Gasteiger charge is 2.19. The predicted octanol–water partition coefficient (Wildman–Crippen LogP) is 3.59. The molecule has 0 fully saturated rings. The summed E-state index contributed by atoms with van der Waals surface area (Å²) in [7, 11) is 0. The van der Waals surface area contributed by atoms with Crippen LogP contribution in [0.15, 0.2) is 76.1 Å². The number of hydrogen-bond donors (Lipinski definition) is 0. The molecule has 0 unspecified atom stereocenters. The summed E-state index contributed by atoms with van der Waals surface area (Å²) in [5, 5.41) is 4.92. The molecule has 0 radical (unpaired) electrons. The Hall–Kier alpha value is -3.41. The highest BCUT2D eigenvalue weighted by Crippen LogP contribution is 2.20. The van der Waals surface area contributed by atoms with Gasteiger partial charge in [-0.3, -0.25) is 9.78 Å². The molecule has 4 aromatic rings. The highest BCUT2D eigenvalue weighted by atomic mass is 16.5. The Kier molecular flexibility index (Phi) is 4.47. The monoisotopic (exact) mass is 347 g/mol. The zero-order chi connectivity index (χ0) is 17.8. The average Bonchev–Trinajstić information content (AvgIpc) is 3.32. The van der Waals surface area contributed by atoms with Crippen LogP contribution in [0.1, 0.15) is 17.0 Å². The number of hydrogen-bond acceptors (Lipinski definition) is 5. The zero-order valence-corrected chi connectivity index (χ0v) is 14.0. The Morgan fingerprint density at radius 3 is 2.77 bits per heavy atom. The van der Waals surface area contributed by atoms with E-state index in [2.05, 4.69) is 10.1 Å². The van der Waals surface area contributed by atoms with Crippen molar-refractivity contribution in [2.24, 2.45) is 0 Å². The van der Waals surface area contributed by atoms with Gasteiger partial charge in [-0.1, -0.05) is 23.4 Å².